The molecule has 0 aliphatic heterocycles. The van der Waals surface area contributed by atoms with Gasteiger partial charge in [0.25, 0.3) is 0 Å². The van der Waals surface area contributed by atoms with Gasteiger partial charge in [0.2, 0.25) is 0 Å². The van der Waals surface area contributed by atoms with Gasteiger partial charge in [0, 0.05) is 5.69 Å². The molecule has 0 bridgehead atoms. The number of aryl methyl sites for hydroxylation is 2. The number of rotatable bonds is 5. The van der Waals surface area contributed by atoms with Crippen LogP contribution in [0.3, 0.4) is 0 Å². The summed E-state index contributed by atoms with van der Waals surface area (Å²) in [5.74, 6) is -0.487. The van der Waals surface area contributed by atoms with Crippen molar-refractivity contribution in [3.05, 3.63) is 63.7 Å². The first-order valence-electron chi connectivity index (χ1n) is 8.38. The van der Waals surface area contributed by atoms with Crippen LogP contribution in [0.25, 0.3) is 0 Å². The van der Waals surface area contributed by atoms with Crippen molar-refractivity contribution in [1.29, 1.82) is 0 Å². The van der Waals surface area contributed by atoms with Gasteiger partial charge < -0.3 is 15.4 Å². The largest absolute Gasteiger partial charge is 0.465 e. The minimum absolute atomic E-state index is 0.0988. The Morgan fingerprint density at radius 1 is 1.19 bits per heavy atom. The van der Waals surface area contributed by atoms with Gasteiger partial charge in [-0.15, -0.1) is 0 Å². The molecule has 0 aromatic heterocycles. The van der Waals surface area contributed by atoms with E-state index in [9.17, 15) is 4.79 Å². The number of carbonyl (C=O) groups excluding carboxylic acids is 1. The van der Waals surface area contributed by atoms with Gasteiger partial charge in [-0.05, 0) is 67.4 Å². The number of ether oxygens (including phenoxy) is 1. The summed E-state index contributed by atoms with van der Waals surface area (Å²) >= 11 is 11.5. The Hall–Kier alpha value is -2.11. The molecule has 0 radical (unpaired) electrons. The van der Waals surface area contributed by atoms with Crippen LogP contribution in [0, 0.1) is 13.8 Å². The monoisotopic (exact) mass is 390 g/mol. The molecule has 6 heteroatoms. The molecular formula is C20H23ClN2O2S. The lowest BCUT2D eigenvalue weighted by molar-refractivity contribution is 0.0601. The van der Waals surface area contributed by atoms with Crippen molar-refractivity contribution in [1.82, 2.24) is 5.32 Å². The smallest absolute Gasteiger partial charge is 0.339 e. The summed E-state index contributed by atoms with van der Waals surface area (Å²) in [7, 11) is 1.32. The van der Waals surface area contributed by atoms with Gasteiger partial charge in [0.05, 0.1) is 23.7 Å². The number of hydrogen-bond donors (Lipinski definition) is 2. The number of methoxy groups -OCH3 is 1. The number of benzene rings is 2. The maximum Gasteiger partial charge on any atom is 0.339 e. The van der Waals surface area contributed by atoms with E-state index in [1.54, 1.807) is 18.2 Å². The highest BCUT2D eigenvalue weighted by Gasteiger charge is 2.14. The minimum Gasteiger partial charge on any atom is -0.465 e. The third-order valence-corrected chi connectivity index (χ3v) is 4.83. The highest BCUT2D eigenvalue weighted by atomic mass is 35.5. The second-order valence-corrected chi connectivity index (χ2v) is 6.90. The van der Waals surface area contributed by atoms with Gasteiger partial charge in [-0.25, -0.2) is 4.79 Å². The first-order valence-corrected chi connectivity index (χ1v) is 9.16. The molecule has 1 atom stereocenters. The van der Waals surface area contributed by atoms with Gasteiger partial charge in [0.1, 0.15) is 0 Å². The maximum atomic E-state index is 11.8. The SMILES string of the molecule is CC[C@H](NC(=S)Nc1ccc(Cl)c(C(=O)OC)c1)c1ccc(C)c(C)c1. The van der Waals surface area contributed by atoms with Crippen molar-refractivity contribution in [2.75, 3.05) is 12.4 Å². The molecule has 0 saturated carbocycles. The van der Waals surface area contributed by atoms with Crippen LogP contribution >= 0.6 is 23.8 Å². The normalized spacial score (nSPS) is 11.6. The molecule has 0 amide bonds. The summed E-state index contributed by atoms with van der Waals surface area (Å²) in [5, 5.41) is 7.25. The molecule has 138 valence electrons. The predicted molar refractivity (Wildman–Crippen MR) is 111 cm³/mol. The Morgan fingerprint density at radius 2 is 1.92 bits per heavy atom. The summed E-state index contributed by atoms with van der Waals surface area (Å²) in [5.41, 5.74) is 4.67. The summed E-state index contributed by atoms with van der Waals surface area (Å²) in [6.45, 7) is 6.30. The van der Waals surface area contributed by atoms with Crippen LogP contribution in [-0.2, 0) is 4.74 Å². The van der Waals surface area contributed by atoms with Gasteiger partial charge >= 0.3 is 5.97 Å². The van der Waals surface area contributed by atoms with Crippen molar-refractivity contribution in [2.45, 2.75) is 33.2 Å². The predicted octanol–water partition coefficient (Wildman–Crippen LogP) is 5.18. The Kier molecular flexibility index (Phi) is 7.00. The molecule has 0 aliphatic rings. The number of esters is 1. The summed E-state index contributed by atoms with van der Waals surface area (Å²) < 4.78 is 4.74. The van der Waals surface area contributed by atoms with E-state index >= 15 is 0 Å². The maximum absolute atomic E-state index is 11.8. The van der Waals surface area contributed by atoms with Crippen molar-refractivity contribution in [3.8, 4) is 0 Å². The second kappa shape index (κ2) is 9.01. The molecule has 4 nitrogen and oxygen atoms in total. The number of carbonyl (C=O) groups is 1. The van der Waals surface area contributed by atoms with Crippen molar-refractivity contribution < 1.29 is 9.53 Å². The number of anilines is 1. The summed E-state index contributed by atoms with van der Waals surface area (Å²) in [6, 6.07) is 11.5. The van der Waals surface area contributed by atoms with Gasteiger partial charge in [0.15, 0.2) is 5.11 Å². The molecule has 0 fully saturated rings. The molecule has 0 unspecified atom stereocenters. The molecule has 0 saturated heterocycles. The number of hydrogen-bond acceptors (Lipinski definition) is 3. The first-order chi connectivity index (χ1) is 12.3. The topological polar surface area (TPSA) is 50.4 Å². The first kappa shape index (κ1) is 20.2. The van der Waals surface area contributed by atoms with E-state index < -0.39 is 5.97 Å². The Morgan fingerprint density at radius 3 is 2.54 bits per heavy atom. The molecule has 0 spiro atoms. The fraction of sp³-hybridized carbons (Fsp3) is 0.300. The van der Waals surface area contributed by atoms with E-state index in [1.165, 1.54) is 23.8 Å². The molecule has 2 aromatic carbocycles. The van der Waals surface area contributed by atoms with E-state index in [0.717, 1.165) is 6.42 Å². The highest BCUT2D eigenvalue weighted by molar-refractivity contribution is 7.80. The molecule has 2 rings (SSSR count). The highest BCUT2D eigenvalue weighted by Crippen LogP contribution is 2.23. The van der Waals surface area contributed by atoms with Crippen LogP contribution in [0.5, 0.6) is 0 Å². The van der Waals surface area contributed by atoms with Crippen LogP contribution in [-0.4, -0.2) is 18.2 Å². The fourth-order valence-corrected chi connectivity index (χ4v) is 3.05. The lowest BCUT2D eigenvalue weighted by Gasteiger charge is -2.21. The third-order valence-electron chi connectivity index (χ3n) is 4.28. The van der Waals surface area contributed by atoms with E-state index in [4.69, 9.17) is 28.6 Å². The fourth-order valence-electron chi connectivity index (χ4n) is 2.60. The summed E-state index contributed by atoms with van der Waals surface area (Å²) in [4.78, 5) is 11.8. The standard InChI is InChI=1S/C20H23ClN2O2S/c1-5-18(14-7-6-12(2)13(3)10-14)23-20(26)22-15-8-9-17(21)16(11-15)19(24)25-4/h6-11,18H,5H2,1-4H3,(H2,22,23,26)/t18-/m0/s1. The Balaban J connectivity index is 2.11. The average Bonchev–Trinajstić information content (AvgIpc) is 2.63. The second-order valence-electron chi connectivity index (χ2n) is 6.09. The third kappa shape index (κ3) is 4.96. The van der Waals surface area contributed by atoms with Gasteiger partial charge in [-0.2, -0.15) is 0 Å². The number of thiocarbonyl (C=S) groups is 1. The number of nitrogens with one attached hydrogen (secondary N) is 2. The molecule has 2 N–H and O–H groups in total. The Labute approximate surface area is 164 Å². The van der Waals surface area contributed by atoms with Crippen LogP contribution in [0.4, 0.5) is 5.69 Å². The van der Waals surface area contributed by atoms with Gasteiger partial charge in [-0.3, -0.25) is 0 Å². The zero-order valence-electron chi connectivity index (χ0n) is 15.4. The number of halogens is 1. The van der Waals surface area contributed by atoms with Crippen molar-refractivity contribution in [2.24, 2.45) is 0 Å². The Bertz CT molecular complexity index is 823. The zero-order valence-corrected chi connectivity index (χ0v) is 16.9. The minimum atomic E-state index is -0.487. The van der Waals surface area contributed by atoms with Crippen molar-refractivity contribution >= 4 is 40.6 Å². The van der Waals surface area contributed by atoms with E-state index in [1.807, 2.05) is 0 Å². The zero-order chi connectivity index (χ0) is 19.3. The molecule has 26 heavy (non-hydrogen) atoms. The average molecular weight is 391 g/mol. The van der Waals surface area contributed by atoms with Crippen LogP contribution in [0.15, 0.2) is 36.4 Å². The molecule has 0 aliphatic carbocycles. The molecule has 2 aromatic rings. The van der Waals surface area contributed by atoms with E-state index in [0.29, 0.717) is 21.4 Å². The molecule has 0 heterocycles. The van der Waals surface area contributed by atoms with E-state index in [-0.39, 0.29) is 6.04 Å². The molecular weight excluding hydrogens is 368 g/mol. The van der Waals surface area contributed by atoms with Crippen LogP contribution in [0.1, 0.15) is 46.4 Å². The lowest BCUT2D eigenvalue weighted by atomic mass is 9.99. The van der Waals surface area contributed by atoms with Crippen molar-refractivity contribution in [3.63, 3.8) is 0 Å². The quantitative estimate of drug-likeness (QED) is 0.544. The summed E-state index contributed by atoms with van der Waals surface area (Å²) in [6.07, 6.45) is 0.887. The van der Waals surface area contributed by atoms with Crippen LogP contribution in [0.2, 0.25) is 5.02 Å². The lowest BCUT2D eigenvalue weighted by Crippen LogP contribution is -2.32. The van der Waals surface area contributed by atoms with E-state index in [2.05, 4.69) is 49.6 Å². The van der Waals surface area contributed by atoms with Crippen LogP contribution < -0.4 is 10.6 Å². The van der Waals surface area contributed by atoms with Gasteiger partial charge in [-0.1, -0.05) is 36.7 Å².